The average Bonchev–Trinajstić information content (AvgIpc) is 3.25. The number of morpholine rings is 1. The maximum atomic E-state index is 6.26. The molecule has 2 aliphatic carbocycles. The minimum Gasteiger partial charge on any atom is -0.377 e. The van der Waals surface area contributed by atoms with Crippen molar-refractivity contribution in [1.82, 2.24) is 20.2 Å². The highest BCUT2D eigenvalue weighted by molar-refractivity contribution is 5.62. The number of nitrogens with zero attached hydrogens (tertiary/aromatic N) is 4. The summed E-state index contributed by atoms with van der Waals surface area (Å²) in [5, 5.41) is 9.81. The molecule has 0 amide bonds. The van der Waals surface area contributed by atoms with Crippen molar-refractivity contribution in [3.63, 3.8) is 0 Å². The van der Waals surface area contributed by atoms with Crippen molar-refractivity contribution in [2.24, 2.45) is 0 Å². The number of nitrogens with one attached hydrogen (secondary N) is 1. The van der Waals surface area contributed by atoms with Crippen LogP contribution in [0.25, 0.3) is 23.5 Å². The zero-order valence-corrected chi connectivity index (χ0v) is 15.8. The van der Waals surface area contributed by atoms with E-state index in [4.69, 9.17) is 9.47 Å². The van der Waals surface area contributed by atoms with E-state index in [2.05, 4.69) is 51.1 Å². The zero-order chi connectivity index (χ0) is 18.4. The minimum absolute atomic E-state index is 0.0605. The second-order valence-corrected chi connectivity index (χ2v) is 7.99. The maximum Gasteiger partial charge on any atom is 0.133 e. The van der Waals surface area contributed by atoms with Gasteiger partial charge >= 0.3 is 0 Å². The Kier molecular flexibility index (Phi) is 4.02. The van der Waals surface area contributed by atoms with Crippen LogP contribution in [-0.2, 0) is 9.47 Å². The quantitative estimate of drug-likeness (QED) is 0.869. The Morgan fingerprint density at radius 3 is 3.04 bits per heavy atom. The van der Waals surface area contributed by atoms with E-state index in [0.717, 1.165) is 66.8 Å². The van der Waals surface area contributed by atoms with Crippen LogP contribution >= 0.6 is 0 Å². The number of hydrogen-bond acceptors (Lipinski definition) is 6. The molecule has 2 atom stereocenters. The molecule has 3 heterocycles. The van der Waals surface area contributed by atoms with Crippen LogP contribution in [0.15, 0.2) is 12.4 Å². The van der Waals surface area contributed by atoms with Gasteiger partial charge in [0.05, 0.1) is 42.0 Å². The minimum atomic E-state index is 0.0605. The molecule has 7 nitrogen and oxygen atoms in total. The summed E-state index contributed by atoms with van der Waals surface area (Å²) in [4.78, 5) is 11.2. The third-order valence-corrected chi connectivity index (χ3v) is 5.69. The topological polar surface area (TPSA) is 76.2 Å². The lowest BCUT2D eigenvalue weighted by molar-refractivity contribution is 0.0169. The molecule has 2 aromatic rings. The van der Waals surface area contributed by atoms with Crippen LogP contribution in [0.3, 0.4) is 0 Å². The average molecular weight is 367 g/mol. The highest BCUT2D eigenvalue weighted by atomic mass is 16.5. The number of fused-ring (bicyclic) bond motifs is 1. The molecule has 2 fully saturated rings. The molecule has 1 saturated carbocycles. The molecular weight excluding hydrogens is 342 g/mol. The first-order chi connectivity index (χ1) is 13.1. The number of hydrogen-bond donors (Lipinski definition) is 1. The van der Waals surface area contributed by atoms with Gasteiger partial charge in [-0.3, -0.25) is 5.10 Å². The zero-order valence-electron chi connectivity index (χ0n) is 15.8. The molecule has 0 spiro atoms. The first-order valence-electron chi connectivity index (χ1n) is 9.72. The van der Waals surface area contributed by atoms with Gasteiger partial charge in [0.25, 0.3) is 0 Å². The third kappa shape index (κ3) is 3.26. The standard InChI is InChI=1S/C20H25N5O2/c1-13-11-26-8-7-25(13)18-10-17(21-12-22-18)19-15-9-14(27-20(2)5-6-20)3-4-16(15)23-24-19/h4,9-10,12-14,23H,3,5-8,11H2,1-2H3/t13-,14?/m1/s1. The normalized spacial score (nSPS) is 26.1. The molecule has 1 unspecified atom stereocenters. The molecule has 5 rings (SSSR count). The van der Waals surface area contributed by atoms with Crippen molar-refractivity contribution in [1.29, 1.82) is 0 Å². The maximum absolute atomic E-state index is 6.26. The summed E-state index contributed by atoms with van der Waals surface area (Å²) < 4.78 is 11.8. The fourth-order valence-electron chi connectivity index (χ4n) is 3.81. The molecule has 7 heteroatoms. The summed E-state index contributed by atoms with van der Waals surface area (Å²) in [5.74, 6) is 0.922. The summed E-state index contributed by atoms with van der Waals surface area (Å²) in [6.45, 7) is 6.62. The van der Waals surface area contributed by atoms with Gasteiger partial charge in [-0.25, -0.2) is 9.97 Å². The van der Waals surface area contributed by atoms with Gasteiger partial charge in [0.2, 0.25) is 0 Å². The van der Waals surface area contributed by atoms with Gasteiger partial charge in [0.15, 0.2) is 0 Å². The molecule has 1 aliphatic heterocycles. The number of ether oxygens (including phenoxy) is 2. The second kappa shape index (κ2) is 6.42. The van der Waals surface area contributed by atoms with Gasteiger partial charge in [0.1, 0.15) is 17.8 Å². The van der Waals surface area contributed by atoms with Crippen molar-refractivity contribution < 1.29 is 9.47 Å². The van der Waals surface area contributed by atoms with E-state index >= 15 is 0 Å². The SMILES string of the molecule is C[C@@H]1COCCN1c1cc(-c2n[nH]c3c2=CC(OC2(C)CC2)CC=3)ncn1. The van der Waals surface area contributed by atoms with Crippen molar-refractivity contribution in [3.05, 3.63) is 23.0 Å². The summed E-state index contributed by atoms with van der Waals surface area (Å²) in [6.07, 6.45) is 9.27. The second-order valence-electron chi connectivity index (χ2n) is 7.99. The predicted octanol–water partition coefficient (Wildman–Crippen LogP) is 0.994. The molecule has 27 heavy (non-hydrogen) atoms. The van der Waals surface area contributed by atoms with Gasteiger partial charge in [0, 0.05) is 17.8 Å². The molecule has 1 saturated heterocycles. The summed E-state index contributed by atoms with van der Waals surface area (Å²) in [7, 11) is 0. The van der Waals surface area contributed by atoms with E-state index in [9.17, 15) is 0 Å². The highest BCUT2D eigenvalue weighted by Gasteiger charge is 2.40. The van der Waals surface area contributed by atoms with Crippen molar-refractivity contribution in [2.45, 2.75) is 50.9 Å². The molecule has 0 aromatic carbocycles. The Bertz CT molecular complexity index is 965. The van der Waals surface area contributed by atoms with Crippen LogP contribution in [0.5, 0.6) is 0 Å². The fraction of sp³-hybridized carbons (Fsp3) is 0.550. The summed E-state index contributed by atoms with van der Waals surface area (Å²) >= 11 is 0. The highest BCUT2D eigenvalue weighted by Crippen LogP contribution is 2.40. The fourth-order valence-corrected chi connectivity index (χ4v) is 3.81. The first kappa shape index (κ1) is 16.9. The number of H-pyrrole nitrogens is 1. The van der Waals surface area contributed by atoms with Gasteiger partial charge in [-0.15, -0.1) is 0 Å². The summed E-state index contributed by atoms with van der Waals surface area (Å²) in [6, 6.07) is 2.32. The van der Waals surface area contributed by atoms with Gasteiger partial charge < -0.3 is 14.4 Å². The Balaban J connectivity index is 1.49. The largest absolute Gasteiger partial charge is 0.377 e. The lowest BCUT2D eigenvalue weighted by Crippen LogP contribution is -2.44. The molecular formula is C20H25N5O2. The van der Waals surface area contributed by atoms with Gasteiger partial charge in [-0.2, -0.15) is 5.10 Å². The Morgan fingerprint density at radius 1 is 1.33 bits per heavy atom. The van der Waals surface area contributed by atoms with Crippen LogP contribution in [-0.4, -0.2) is 57.7 Å². The van der Waals surface area contributed by atoms with E-state index in [0.29, 0.717) is 6.04 Å². The molecule has 2 aromatic heterocycles. The van der Waals surface area contributed by atoms with Gasteiger partial charge in [-0.1, -0.05) is 6.08 Å². The van der Waals surface area contributed by atoms with E-state index in [1.165, 1.54) is 0 Å². The number of aromatic nitrogens is 4. The van der Waals surface area contributed by atoms with E-state index < -0.39 is 0 Å². The third-order valence-electron chi connectivity index (χ3n) is 5.69. The van der Waals surface area contributed by atoms with Crippen LogP contribution in [0, 0.1) is 0 Å². The summed E-state index contributed by atoms with van der Waals surface area (Å²) in [5.41, 5.74) is 1.75. The van der Waals surface area contributed by atoms with Crippen LogP contribution in [0.1, 0.15) is 33.1 Å². The molecule has 3 aliphatic rings. The lowest BCUT2D eigenvalue weighted by Gasteiger charge is -2.34. The lowest BCUT2D eigenvalue weighted by atomic mass is 10.1. The molecule has 142 valence electrons. The van der Waals surface area contributed by atoms with Crippen molar-refractivity contribution in [2.75, 3.05) is 24.7 Å². The smallest absolute Gasteiger partial charge is 0.133 e. The van der Waals surface area contributed by atoms with Crippen LogP contribution in [0.2, 0.25) is 0 Å². The molecule has 0 radical (unpaired) electrons. The van der Waals surface area contributed by atoms with E-state index in [1.807, 2.05) is 6.07 Å². The van der Waals surface area contributed by atoms with Crippen LogP contribution < -0.4 is 15.5 Å². The number of anilines is 1. The molecule has 0 bridgehead atoms. The Labute approximate surface area is 158 Å². The number of rotatable bonds is 4. The molecule has 1 N–H and O–H groups in total. The Morgan fingerprint density at radius 2 is 2.22 bits per heavy atom. The van der Waals surface area contributed by atoms with Crippen LogP contribution in [0.4, 0.5) is 5.82 Å². The van der Waals surface area contributed by atoms with Gasteiger partial charge in [-0.05, 0) is 39.2 Å². The van der Waals surface area contributed by atoms with E-state index in [1.54, 1.807) is 6.33 Å². The first-order valence-corrected chi connectivity index (χ1v) is 9.72. The Hall–Kier alpha value is -2.25. The monoisotopic (exact) mass is 367 g/mol. The van der Waals surface area contributed by atoms with Crippen molar-refractivity contribution in [3.8, 4) is 11.4 Å². The predicted molar refractivity (Wildman–Crippen MR) is 103 cm³/mol. The number of aromatic amines is 1. The van der Waals surface area contributed by atoms with E-state index in [-0.39, 0.29) is 11.7 Å². The van der Waals surface area contributed by atoms with Crippen molar-refractivity contribution >= 4 is 18.0 Å².